The van der Waals surface area contributed by atoms with Gasteiger partial charge in [-0.3, -0.25) is 4.99 Å². The zero-order valence-corrected chi connectivity index (χ0v) is 21.4. The molecule has 0 radical (unpaired) electrons. The van der Waals surface area contributed by atoms with Gasteiger partial charge in [0.1, 0.15) is 5.82 Å². The van der Waals surface area contributed by atoms with Crippen LogP contribution in [-0.2, 0) is 13.1 Å². The number of benzene rings is 2. The number of aliphatic imine (C=N–C) groups is 1. The molecule has 3 aromatic rings. The van der Waals surface area contributed by atoms with Crippen molar-refractivity contribution in [2.45, 2.75) is 39.4 Å². The first-order chi connectivity index (χ1) is 15.1. The van der Waals surface area contributed by atoms with Crippen molar-refractivity contribution in [2.75, 3.05) is 25.0 Å². The summed E-state index contributed by atoms with van der Waals surface area (Å²) < 4.78 is 2.16. The van der Waals surface area contributed by atoms with Crippen LogP contribution in [0.15, 0.2) is 65.9 Å². The van der Waals surface area contributed by atoms with Gasteiger partial charge in [-0.15, -0.1) is 24.0 Å². The van der Waals surface area contributed by atoms with Gasteiger partial charge in [0.2, 0.25) is 0 Å². The predicted octanol–water partition coefficient (Wildman–Crippen LogP) is 4.11. The number of aromatic nitrogens is 2. The summed E-state index contributed by atoms with van der Waals surface area (Å²) in [5, 5.41) is 7.06. The summed E-state index contributed by atoms with van der Waals surface area (Å²) in [7, 11) is 1.83. The van der Waals surface area contributed by atoms with Crippen LogP contribution in [0.2, 0.25) is 0 Å². The first-order valence-corrected chi connectivity index (χ1v) is 10.9. The fraction of sp³-hybridized carbons (Fsp3) is 0.360. The van der Waals surface area contributed by atoms with Crippen molar-refractivity contribution >= 4 is 35.6 Å². The number of rotatable bonds is 6. The molecule has 2 heterocycles. The van der Waals surface area contributed by atoms with E-state index in [0.29, 0.717) is 6.04 Å². The maximum absolute atomic E-state index is 4.43. The van der Waals surface area contributed by atoms with Gasteiger partial charge in [0.05, 0.1) is 0 Å². The Bertz CT molecular complexity index is 1030. The first kappa shape index (κ1) is 24.1. The molecule has 1 aliphatic heterocycles. The van der Waals surface area contributed by atoms with Gasteiger partial charge in [0.15, 0.2) is 5.96 Å². The van der Waals surface area contributed by atoms with Crippen molar-refractivity contribution in [1.29, 1.82) is 0 Å². The van der Waals surface area contributed by atoms with E-state index in [0.717, 1.165) is 44.4 Å². The number of hydrogen-bond donors (Lipinski definition) is 2. The molecule has 1 aromatic heterocycles. The van der Waals surface area contributed by atoms with Crippen molar-refractivity contribution in [3.8, 4) is 0 Å². The Morgan fingerprint density at radius 1 is 1.12 bits per heavy atom. The topological polar surface area (TPSA) is 57.5 Å². The smallest absolute Gasteiger partial charge is 0.191 e. The van der Waals surface area contributed by atoms with Gasteiger partial charge in [0.25, 0.3) is 0 Å². The summed E-state index contributed by atoms with van der Waals surface area (Å²) in [4.78, 5) is 11.2. The molecule has 2 N–H and O–H groups in total. The molecule has 32 heavy (non-hydrogen) atoms. The van der Waals surface area contributed by atoms with Crippen LogP contribution < -0.4 is 15.5 Å². The molecular weight excluding hydrogens is 511 g/mol. The molecule has 1 fully saturated rings. The number of nitrogens with zero attached hydrogens (tertiary/aromatic N) is 4. The van der Waals surface area contributed by atoms with Crippen molar-refractivity contribution < 1.29 is 0 Å². The highest BCUT2D eigenvalue weighted by molar-refractivity contribution is 14.0. The van der Waals surface area contributed by atoms with E-state index in [2.05, 4.69) is 85.5 Å². The summed E-state index contributed by atoms with van der Waals surface area (Å²) in [5.74, 6) is 1.89. The van der Waals surface area contributed by atoms with E-state index in [4.69, 9.17) is 0 Å². The highest BCUT2D eigenvalue weighted by Crippen LogP contribution is 2.20. The fourth-order valence-electron chi connectivity index (χ4n) is 4.05. The standard InChI is InChI=1S/C25H32N6.HI/c1-19-7-9-24(10-8-19)31-13-11-23(18-31)29-25(26-3)28-16-21-5-4-6-22(15-21)17-30-14-12-27-20(30)2;/h4-10,12,14-15,23H,11,13,16-18H2,1-3H3,(H2,26,28,29);1H. The van der Waals surface area contributed by atoms with Crippen molar-refractivity contribution in [3.05, 3.63) is 83.4 Å². The lowest BCUT2D eigenvalue weighted by atomic mass is 10.1. The Hall–Kier alpha value is -2.55. The third-order valence-corrected chi connectivity index (χ3v) is 5.88. The van der Waals surface area contributed by atoms with E-state index in [1.165, 1.54) is 22.4 Å². The maximum atomic E-state index is 4.43. The van der Waals surface area contributed by atoms with Crippen LogP contribution >= 0.6 is 24.0 Å². The van der Waals surface area contributed by atoms with Crippen LogP contribution in [0.5, 0.6) is 0 Å². The third kappa shape index (κ3) is 6.25. The van der Waals surface area contributed by atoms with E-state index in [1.807, 2.05) is 26.4 Å². The summed E-state index contributed by atoms with van der Waals surface area (Å²) in [5.41, 5.74) is 5.10. The van der Waals surface area contributed by atoms with E-state index in [-0.39, 0.29) is 24.0 Å². The Kier molecular flexibility index (Phi) is 8.55. The first-order valence-electron chi connectivity index (χ1n) is 10.9. The van der Waals surface area contributed by atoms with Crippen LogP contribution in [0.4, 0.5) is 5.69 Å². The number of nitrogens with one attached hydrogen (secondary N) is 2. The Morgan fingerprint density at radius 3 is 2.62 bits per heavy atom. The zero-order valence-electron chi connectivity index (χ0n) is 19.1. The van der Waals surface area contributed by atoms with Crippen LogP contribution in [0, 0.1) is 13.8 Å². The van der Waals surface area contributed by atoms with Crippen LogP contribution in [-0.4, -0.2) is 41.7 Å². The lowest BCUT2D eigenvalue weighted by Gasteiger charge is -2.20. The second-order valence-electron chi connectivity index (χ2n) is 8.26. The molecule has 1 unspecified atom stereocenters. The minimum Gasteiger partial charge on any atom is -0.369 e. The minimum atomic E-state index is 0. The van der Waals surface area contributed by atoms with E-state index in [9.17, 15) is 0 Å². The molecule has 7 heteroatoms. The Morgan fingerprint density at radius 2 is 1.91 bits per heavy atom. The molecule has 1 atom stereocenters. The average molecular weight is 544 g/mol. The van der Waals surface area contributed by atoms with Crippen LogP contribution in [0.3, 0.4) is 0 Å². The van der Waals surface area contributed by atoms with Gasteiger partial charge in [-0.1, -0.05) is 42.0 Å². The monoisotopic (exact) mass is 544 g/mol. The number of anilines is 1. The molecule has 2 aromatic carbocycles. The molecule has 1 saturated heterocycles. The summed E-state index contributed by atoms with van der Waals surface area (Å²) in [6, 6.07) is 17.8. The summed E-state index contributed by atoms with van der Waals surface area (Å²) in [6.07, 6.45) is 4.97. The molecular formula is C25H33IN6. The summed E-state index contributed by atoms with van der Waals surface area (Å²) in [6.45, 7) is 7.79. The zero-order chi connectivity index (χ0) is 21.6. The van der Waals surface area contributed by atoms with E-state index in [1.54, 1.807) is 0 Å². The SMILES string of the molecule is CN=C(NCc1cccc(Cn2ccnc2C)c1)NC1CCN(c2ccc(C)cc2)C1.I. The number of guanidine groups is 1. The number of aryl methyl sites for hydroxylation is 2. The van der Waals surface area contributed by atoms with Gasteiger partial charge in [0, 0.05) is 57.3 Å². The molecule has 0 bridgehead atoms. The van der Waals surface area contributed by atoms with Gasteiger partial charge in [-0.05, 0) is 43.5 Å². The molecule has 0 aliphatic carbocycles. The predicted molar refractivity (Wildman–Crippen MR) is 143 cm³/mol. The molecule has 0 spiro atoms. The van der Waals surface area contributed by atoms with Crippen molar-refractivity contribution in [3.63, 3.8) is 0 Å². The molecule has 0 saturated carbocycles. The quantitative estimate of drug-likeness (QED) is 0.279. The highest BCUT2D eigenvalue weighted by Gasteiger charge is 2.23. The number of imidazole rings is 1. The van der Waals surface area contributed by atoms with E-state index < -0.39 is 0 Å². The van der Waals surface area contributed by atoms with Gasteiger partial charge in [-0.25, -0.2) is 4.98 Å². The maximum Gasteiger partial charge on any atom is 0.191 e. The summed E-state index contributed by atoms with van der Waals surface area (Å²) >= 11 is 0. The average Bonchev–Trinajstić information content (AvgIpc) is 3.41. The Labute approximate surface area is 208 Å². The lowest BCUT2D eigenvalue weighted by Crippen LogP contribution is -2.44. The van der Waals surface area contributed by atoms with Crippen molar-refractivity contribution in [1.82, 2.24) is 20.2 Å². The molecule has 4 rings (SSSR count). The van der Waals surface area contributed by atoms with Crippen LogP contribution in [0.1, 0.15) is 28.9 Å². The molecule has 0 amide bonds. The largest absolute Gasteiger partial charge is 0.369 e. The second kappa shape index (κ2) is 11.4. The normalized spacial score (nSPS) is 16.0. The highest BCUT2D eigenvalue weighted by atomic mass is 127. The molecule has 170 valence electrons. The van der Waals surface area contributed by atoms with Crippen LogP contribution in [0.25, 0.3) is 0 Å². The second-order valence-corrected chi connectivity index (χ2v) is 8.26. The van der Waals surface area contributed by atoms with Gasteiger partial charge in [-0.2, -0.15) is 0 Å². The van der Waals surface area contributed by atoms with E-state index >= 15 is 0 Å². The Balaban J connectivity index is 0.00000289. The number of hydrogen-bond acceptors (Lipinski definition) is 3. The number of halogens is 1. The fourth-order valence-corrected chi connectivity index (χ4v) is 4.05. The molecule has 1 aliphatic rings. The lowest BCUT2D eigenvalue weighted by molar-refractivity contribution is 0.648. The minimum absolute atomic E-state index is 0. The van der Waals surface area contributed by atoms with Gasteiger partial charge >= 0.3 is 0 Å². The molecule has 6 nitrogen and oxygen atoms in total. The van der Waals surface area contributed by atoms with Crippen molar-refractivity contribution in [2.24, 2.45) is 4.99 Å². The van der Waals surface area contributed by atoms with Gasteiger partial charge < -0.3 is 20.1 Å². The third-order valence-electron chi connectivity index (χ3n) is 5.88.